The third-order valence-electron chi connectivity index (χ3n) is 22.4. The number of piperidine rings is 3. The molecule has 25 heteroatoms. The predicted molar refractivity (Wildman–Crippen MR) is 426 cm³/mol. The van der Waals surface area contributed by atoms with Crippen LogP contribution in [0.3, 0.4) is 0 Å². The van der Waals surface area contributed by atoms with Gasteiger partial charge in [-0.2, -0.15) is 19.0 Å². The monoisotopic (exact) mass is 1510 g/mol. The van der Waals surface area contributed by atoms with Gasteiger partial charge in [0.05, 0.1) is 37.9 Å². The topological polar surface area (TPSA) is 232 Å². The van der Waals surface area contributed by atoms with Crippen LogP contribution in [-0.2, 0) is 19.3 Å². The van der Waals surface area contributed by atoms with Crippen molar-refractivity contribution < 1.29 is 36.5 Å². The Bertz CT molecular complexity index is 5420. The highest BCUT2D eigenvalue weighted by molar-refractivity contribution is 6.03. The average molecular weight is 1510 g/mol. The summed E-state index contributed by atoms with van der Waals surface area (Å²) in [5.41, 5.74) is 20.4. The summed E-state index contributed by atoms with van der Waals surface area (Å²) in [5.74, 6) is 7.52. The Morgan fingerprint density at radius 1 is 0.518 bits per heavy atom. The lowest BCUT2D eigenvalue weighted by Gasteiger charge is -2.40. The molecule has 0 unspecified atom stereocenters. The summed E-state index contributed by atoms with van der Waals surface area (Å²) < 4.78 is 73.4. The number of nitrogens with one attached hydrogen (secondary N) is 2. The molecule has 0 spiro atoms. The number of fused-ring (bicyclic) bond motifs is 3. The number of anilines is 3. The summed E-state index contributed by atoms with van der Waals surface area (Å²) in [4.78, 5) is 53.6. The second kappa shape index (κ2) is 32.3. The van der Waals surface area contributed by atoms with Crippen LogP contribution in [0.4, 0.5) is 35.0 Å². The van der Waals surface area contributed by atoms with Crippen molar-refractivity contribution in [1.29, 1.82) is 0 Å². The van der Waals surface area contributed by atoms with Crippen molar-refractivity contribution in [2.75, 3.05) is 74.8 Å². The van der Waals surface area contributed by atoms with Crippen LogP contribution in [0, 0.1) is 24.0 Å². The van der Waals surface area contributed by atoms with Gasteiger partial charge in [0.15, 0.2) is 23.2 Å². The third-order valence-corrected chi connectivity index (χ3v) is 22.4. The summed E-state index contributed by atoms with van der Waals surface area (Å²) in [6.45, 7) is 11.1. The van der Waals surface area contributed by atoms with Gasteiger partial charge in [0, 0.05) is 134 Å². The number of rotatable bonds is 18. The summed E-state index contributed by atoms with van der Waals surface area (Å²) in [6, 6.07) is 38.6. The molecule has 4 aliphatic heterocycles. The van der Waals surface area contributed by atoms with Crippen LogP contribution in [0.2, 0.25) is 0 Å². The lowest BCUT2D eigenvalue weighted by Crippen LogP contribution is -2.43. The maximum absolute atomic E-state index is 14.6. The lowest BCUT2D eigenvalue weighted by atomic mass is 9.74. The Kier molecular flexibility index (Phi) is 21.3. The zero-order chi connectivity index (χ0) is 77.0. The van der Waals surface area contributed by atoms with Gasteiger partial charge in [-0.05, 0) is 189 Å². The number of nitrogens with zero attached hydrogens (tertiary/aromatic N) is 15. The molecule has 0 radical (unpaired) electrons. The zero-order valence-electron chi connectivity index (χ0n) is 63.3. The second-order valence-corrected chi connectivity index (χ2v) is 29.3. The number of pyridine rings is 1. The molecule has 18 rings (SSSR count). The average Bonchev–Trinajstić information content (AvgIpc) is 1.48. The first-order chi connectivity index (χ1) is 54.6. The summed E-state index contributed by atoms with van der Waals surface area (Å²) >= 11 is 0. The fraction of sp³-hybridized carbons (Fsp3) is 0.310. The molecule has 0 amide bonds. The number of methoxy groups -OCH3 is 2. The standard InChI is InChI=1S/C32H34FN5O2.C28H26F2N6O.C27H25FN6O/c1-5-40-28-8-6-21(15-26(28)33)24-17-29(37-20(24)2)32(3)10-12-38(13-11-32)31-25-14-23(16-27(25)35-19-36-31)22-7-9-30(39-4)34-18-22;1-17-5-7-18(8-6-17)21-14-23-24(15-21)31-16-32-27(23)36-11-9-19(10-12-36)25-33-26(35-34-25)20-3-2-4-22(13-20)37-28(29)30;1-35-22-4-2-3-19(13-22)20-14-23-24(15-20)29-16-30-27(23)34-11-9-18(10-12-34)26-31-25(32-33-26)17-5-7-21(28)8-6-17/h6-9,14-15,18-19H,5,10-13,16-17H2,1-4H3;2-8,13-14,16,19,28H,9-12,15H2,1H3,(H,33,34,35);2-8,13-14,16,18H,9-12,15H2,1H3,(H,31,32,33). The van der Waals surface area contributed by atoms with Crippen molar-refractivity contribution in [2.24, 2.45) is 10.4 Å². The number of ether oxygens (including phenoxy) is 4. The number of alkyl halides is 2. The van der Waals surface area contributed by atoms with Crippen molar-refractivity contribution >= 4 is 63.7 Å². The number of hydrogen-bond donors (Lipinski definition) is 2. The molecule has 0 saturated carbocycles. The van der Waals surface area contributed by atoms with E-state index in [0.717, 1.165) is 206 Å². The Morgan fingerprint density at radius 2 is 1.03 bits per heavy atom. The Morgan fingerprint density at radius 3 is 1.56 bits per heavy atom. The molecule has 3 saturated heterocycles. The lowest BCUT2D eigenvalue weighted by molar-refractivity contribution is -0.0498. The number of aromatic amines is 2. The Labute approximate surface area is 646 Å². The van der Waals surface area contributed by atoms with Gasteiger partial charge >= 0.3 is 6.61 Å². The van der Waals surface area contributed by atoms with E-state index in [9.17, 15) is 17.6 Å². The van der Waals surface area contributed by atoms with Crippen molar-refractivity contribution in [3.05, 3.63) is 243 Å². The molecule has 11 aromatic rings. The van der Waals surface area contributed by atoms with Crippen molar-refractivity contribution in [1.82, 2.24) is 65.3 Å². The Hall–Kier alpha value is -12.3. The molecule has 5 aromatic carbocycles. The largest absolute Gasteiger partial charge is 0.497 e. The molecule has 0 bridgehead atoms. The minimum absolute atomic E-state index is 0.0186. The van der Waals surface area contributed by atoms with E-state index in [4.69, 9.17) is 29.2 Å². The number of aromatic nitrogens is 13. The Balaban J connectivity index is 0.000000127. The van der Waals surface area contributed by atoms with Crippen LogP contribution < -0.4 is 33.6 Å². The fourth-order valence-corrected chi connectivity index (χ4v) is 16.0. The SMILES string of the molecule is CCOc1ccc(C2=C(C)N=C(C3(C)CCN(c4ncnc5c4C=C(c4ccc(OC)nc4)C5)CC3)C2)cc1F.COc1cccc(C2=Cc3c(ncnc3N3CCC(c4nc(-c5ccc(F)cc5)n[nH]4)CC3)C2)c1.Cc1ccc(C2=Cc3c(ncnc3N3CCC(c4nc(-c5cccc(OC(F)F)c5)n[nH]4)CC3)C2)cc1. The number of hydrogen-bond acceptors (Lipinski definition) is 19. The van der Waals surface area contributed by atoms with E-state index in [-0.39, 0.29) is 28.7 Å². The van der Waals surface area contributed by atoms with E-state index in [2.05, 4.69) is 143 Å². The van der Waals surface area contributed by atoms with Gasteiger partial charge in [0.1, 0.15) is 65.4 Å². The fourth-order valence-electron chi connectivity index (χ4n) is 16.0. The van der Waals surface area contributed by atoms with E-state index in [1.807, 2.05) is 50.4 Å². The number of H-pyrrole nitrogens is 2. The van der Waals surface area contributed by atoms with Crippen molar-refractivity contribution in [2.45, 2.75) is 110 Å². The highest BCUT2D eigenvalue weighted by Crippen LogP contribution is 2.46. The van der Waals surface area contributed by atoms with E-state index in [0.29, 0.717) is 41.4 Å². The number of aryl methyl sites for hydroxylation is 1. The number of halogens is 4. The third kappa shape index (κ3) is 15.9. The summed E-state index contributed by atoms with van der Waals surface area (Å²) in [6.07, 6.45) is 22.3. The van der Waals surface area contributed by atoms with Crippen LogP contribution >= 0.6 is 0 Å². The van der Waals surface area contributed by atoms with Gasteiger partial charge < -0.3 is 33.6 Å². The van der Waals surface area contributed by atoms with Gasteiger partial charge in [0.25, 0.3) is 0 Å². The first kappa shape index (κ1) is 73.8. The first-order valence-corrected chi connectivity index (χ1v) is 38.1. The molecular formula is C87H85F4N17O4. The number of aliphatic imine (C=N–C) groups is 1. The second-order valence-electron chi connectivity index (χ2n) is 29.3. The molecule has 570 valence electrons. The van der Waals surface area contributed by atoms with Gasteiger partial charge in [-0.3, -0.25) is 15.2 Å². The van der Waals surface area contributed by atoms with Crippen LogP contribution in [0.1, 0.15) is 151 Å². The summed E-state index contributed by atoms with van der Waals surface area (Å²) in [5, 5.41) is 14.8. The molecule has 7 aliphatic rings. The predicted octanol–water partition coefficient (Wildman–Crippen LogP) is 16.9. The first-order valence-electron chi connectivity index (χ1n) is 38.1. The minimum Gasteiger partial charge on any atom is -0.497 e. The molecule has 3 fully saturated rings. The normalized spacial score (nSPS) is 16.5. The van der Waals surface area contributed by atoms with E-state index < -0.39 is 6.61 Å². The van der Waals surface area contributed by atoms with Gasteiger partial charge in [0.2, 0.25) is 5.88 Å². The molecule has 2 N–H and O–H groups in total. The van der Waals surface area contributed by atoms with Crippen LogP contribution in [-0.4, -0.2) is 138 Å². The maximum atomic E-state index is 14.6. The molecule has 21 nitrogen and oxygen atoms in total. The molecule has 0 atom stereocenters. The van der Waals surface area contributed by atoms with Crippen LogP contribution in [0.25, 0.3) is 63.3 Å². The van der Waals surface area contributed by atoms with Crippen molar-refractivity contribution in [3.63, 3.8) is 0 Å². The van der Waals surface area contributed by atoms with Crippen LogP contribution in [0.5, 0.6) is 23.1 Å². The maximum Gasteiger partial charge on any atom is 0.387 e. The van der Waals surface area contributed by atoms with E-state index >= 15 is 0 Å². The van der Waals surface area contributed by atoms with Gasteiger partial charge in [-0.1, -0.05) is 67.1 Å². The zero-order valence-corrected chi connectivity index (χ0v) is 63.3. The molecule has 10 heterocycles. The molecule has 3 aliphatic carbocycles. The smallest absolute Gasteiger partial charge is 0.387 e. The number of allylic oxidation sites excluding steroid dienone is 5. The van der Waals surface area contributed by atoms with Crippen LogP contribution in [0.15, 0.2) is 163 Å². The highest BCUT2D eigenvalue weighted by Gasteiger charge is 2.39. The minimum atomic E-state index is -2.87. The van der Waals surface area contributed by atoms with Gasteiger partial charge in [-0.15, -0.1) is 0 Å². The summed E-state index contributed by atoms with van der Waals surface area (Å²) in [7, 11) is 3.31. The highest BCUT2D eigenvalue weighted by atomic mass is 19.3. The quantitative estimate of drug-likeness (QED) is 0.0760. The number of benzene rings is 5. The van der Waals surface area contributed by atoms with Gasteiger partial charge in [-0.25, -0.2) is 53.6 Å². The van der Waals surface area contributed by atoms with Crippen molar-refractivity contribution in [3.8, 4) is 45.9 Å². The molecule has 6 aromatic heterocycles. The molecular weight excluding hydrogens is 1420 g/mol. The van der Waals surface area contributed by atoms with E-state index in [1.54, 1.807) is 69.6 Å². The molecule has 112 heavy (non-hydrogen) atoms. The van der Waals surface area contributed by atoms with E-state index in [1.165, 1.54) is 57.8 Å².